The molecule has 2 heteroatoms. The number of hydrogen-bond acceptors (Lipinski definition) is 2. The second-order valence-electron chi connectivity index (χ2n) is 7.67. The van der Waals surface area contributed by atoms with Gasteiger partial charge in [0.1, 0.15) is 6.10 Å². The molecule has 5 aliphatic carbocycles. The van der Waals surface area contributed by atoms with Gasteiger partial charge < -0.3 is 4.74 Å². The fourth-order valence-electron chi connectivity index (χ4n) is 7.09. The summed E-state index contributed by atoms with van der Waals surface area (Å²) in [7, 11) is 0. The van der Waals surface area contributed by atoms with Crippen LogP contribution in [0.25, 0.3) is 0 Å². The molecule has 0 saturated heterocycles. The zero-order valence-corrected chi connectivity index (χ0v) is 11.5. The number of rotatable bonds is 1. The predicted octanol–water partition coefficient (Wildman–Crippen LogP) is 3.03. The lowest BCUT2D eigenvalue weighted by molar-refractivity contribution is -0.151. The average molecular weight is 258 g/mol. The van der Waals surface area contributed by atoms with E-state index in [0.29, 0.717) is 5.92 Å². The Balaban J connectivity index is 1.46. The zero-order valence-electron chi connectivity index (χ0n) is 11.5. The molecule has 5 rings (SSSR count). The molecule has 19 heavy (non-hydrogen) atoms. The lowest BCUT2D eigenvalue weighted by atomic mass is 9.63. The molecular formula is C17H22O2. The summed E-state index contributed by atoms with van der Waals surface area (Å²) >= 11 is 0. The monoisotopic (exact) mass is 258 g/mol. The molecule has 0 aromatic carbocycles. The van der Waals surface area contributed by atoms with Gasteiger partial charge in [-0.05, 0) is 73.0 Å². The van der Waals surface area contributed by atoms with Gasteiger partial charge in [-0.25, -0.2) is 0 Å². The van der Waals surface area contributed by atoms with Crippen LogP contribution in [0.2, 0.25) is 0 Å². The van der Waals surface area contributed by atoms with Crippen LogP contribution in [0.4, 0.5) is 0 Å². The maximum absolute atomic E-state index is 11.3. The standard InChI is InChI=1S/C17H22O2/c1-8(18)19-15-6-9-5-14(15)17-13-7-12(16(9)17)10-3-2-4-11(10)13/h2,4,9-17H,3,5-7H2,1H3. The molecular weight excluding hydrogens is 236 g/mol. The number of carbonyl (C=O) groups excluding carboxylic acids is 1. The topological polar surface area (TPSA) is 26.3 Å². The third-order valence-corrected chi connectivity index (χ3v) is 7.23. The molecule has 0 aromatic rings. The smallest absolute Gasteiger partial charge is 0.302 e. The van der Waals surface area contributed by atoms with E-state index < -0.39 is 0 Å². The Morgan fingerprint density at radius 1 is 1.05 bits per heavy atom. The van der Waals surface area contributed by atoms with Crippen molar-refractivity contribution in [2.24, 2.45) is 47.3 Å². The molecule has 0 N–H and O–H groups in total. The summed E-state index contributed by atoms with van der Waals surface area (Å²) in [4.78, 5) is 11.3. The molecule has 0 amide bonds. The van der Waals surface area contributed by atoms with Gasteiger partial charge in [0.25, 0.3) is 0 Å². The normalized spacial score (nSPS) is 59.5. The fourth-order valence-corrected chi connectivity index (χ4v) is 7.09. The quantitative estimate of drug-likeness (QED) is 0.410. The first-order valence-corrected chi connectivity index (χ1v) is 8.08. The van der Waals surface area contributed by atoms with Gasteiger partial charge in [-0.1, -0.05) is 12.2 Å². The number of carbonyl (C=O) groups is 1. The van der Waals surface area contributed by atoms with Crippen molar-refractivity contribution in [3.05, 3.63) is 12.2 Å². The molecule has 9 unspecified atom stereocenters. The second-order valence-corrected chi connectivity index (χ2v) is 7.67. The molecule has 0 radical (unpaired) electrons. The number of fused-ring (bicyclic) bond motifs is 12. The van der Waals surface area contributed by atoms with Crippen molar-refractivity contribution in [3.63, 3.8) is 0 Å². The SMILES string of the molecule is CC(=O)OC1CC2CC1C1C3CC(C4CC=CC43)C21. The van der Waals surface area contributed by atoms with Crippen LogP contribution in [-0.2, 0) is 9.53 Å². The van der Waals surface area contributed by atoms with Crippen LogP contribution in [0, 0.1) is 47.3 Å². The van der Waals surface area contributed by atoms with Crippen LogP contribution in [0.1, 0.15) is 32.6 Å². The van der Waals surface area contributed by atoms with Crippen molar-refractivity contribution in [2.45, 2.75) is 38.7 Å². The van der Waals surface area contributed by atoms with E-state index in [1.54, 1.807) is 6.92 Å². The highest BCUT2D eigenvalue weighted by atomic mass is 16.5. The van der Waals surface area contributed by atoms with Crippen molar-refractivity contribution in [3.8, 4) is 0 Å². The first-order valence-electron chi connectivity index (χ1n) is 8.08. The molecule has 0 aromatic heterocycles. The molecule has 102 valence electrons. The third kappa shape index (κ3) is 1.22. The Morgan fingerprint density at radius 2 is 1.95 bits per heavy atom. The number of hydrogen-bond donors (Lipinski definition) is 0. The molecule has 2 nitrogen and oxygen atoms in total. The van der Waals surface area contributed by atoms with Crippen LogP contribution in [-0.4, -0.2) is 12.1 Å². The average Bonchev–Trinajstić information content (AvgIpc) is 3.10. The van der Waals surface area contributed by atoms with Gasteiger partial charge in [-0.3, -0.25) is 4.79 Å². The Kier molecular flexibility index (Phi) is 1.98. The van der Waals surface area contributed by atoms with Gasteiger partial charge in [0.15, 0.2) is 0 Å². The van der Waals surface area contributed by atoms with Crippen LogP contribution >= 0.6 is 0 Å². The molecule has 0 spiro atoms. The summed E-state index contributed by atoms with van der Waals surface area (Å²) in [6.45, 7) is 1.57. The number of ether oxygens (including phenoxy) is 1. The van der Waals surface area contributed by atoms with Crippen LogP contribution in [0.15, 0.2) is 12.2 Å². The van der Waals surface area contributed by atoms with Gasteiger partial charge in [0.2, 0.25) is 0 Å². The van der Waals surface area contributed by atoms with E-state index in [1.165, 1.54) is 25.7 Å². The highest BCUT2D eigenvalue weighted by molar-refractivity contribution is 5.66. The molecule has 0 aliphatic heterocycles. The second kappa shape index (κ2) is 3.45. The van der Waals surface area contributed by atoms with Crippen molar-refractivity contribution in [1.82, 2.24) is 0 Å². The largest absolute Gasteiger partial charge is 0.462 e. The summed E-state index contributed by atoms with van der Waals surface area (Å²) in [6, 6.07) is 0. The molecule has 4 saturated carbocycles. The van der Waals surface area contributed by atoms with Crippen LogP contribution in [0.5, 0.6) is 0 Å². The summed E-state index contributed by atoms with van der Waals surface area (Å²) in [6.07, 6.45) is 10.5. The molecule has 0 heterocycles. The molecule has 9 atom stereocenters. The van der Waals surface area contributed by atoms with Crippen molar-refractivity contribution in [2.75, 3.05) is 0 Å². The van der Waals surface area contributed by atoms with Gasteiger partial charge >= 0.3 is 5.97 Å². The number of esters is 1. The third-order valence-electron chi connectivity index (χ3n) is 7.23. The van der Waals surface area contributed by atoms with Crippen molar-refractivity contribution in [1.29, 1.82) is 0 Å². The highest BCUT2D eigenvalue weighted by Crippen LogP contribution is 2.72. The fraction of sp³-hybridized carbons (Fsp3) is 0.824. The van der Waals surface area contributed by atoms with E-state index in [2.05, 4.69) is 12.2 Å². The minimum atomic E-state index is -0.0732. The Morgan fingerprint density at radius 3 is 2.79 bits per heavy atom. The number of allylic oxidation sites excluding steroid dienone is 2. The van der Waals surface area contributed by atoms with E-state index in [-0.39, 0.29) is 12.1 Å². The Bertz CT molecular complexity index is 468. The molecule has 5 aliphatic rings. The van der Waals surface area contributed by atoms with E-state index in [4.69, 9.17) is 4.74 Å². The van der Waals surface area contributed by atoms with Crippen molar-refractivity contribution >= 4 is 5.97 Å². The lowest BCUT2D eigenvalue weighted by Gasteiger charge is -2.42. The van der Waals surface area contributed by atoms with Crippen LogP contribution < -0.4 is 0 Å². The molecule has 4 bridgehead atoms. The van der Waals surface area contributed by atoms with Gasteiger partial charge in [0.05, 0.1) is 0 Å². The first kappa shape index (κ1) is 10.9. The predicted molar refractivity (Wildman–Crippen MR) is 71.1 cm³/mol. The zero-order chi connectivity index (χ0) is 12.7. The maximum atomic E-state index is 11.3. The summed E-state index contributed by atoms with van der Waals surface area (Å²) in [5.41, 5.74) is 0. The van der Waals surface area contributed by atoms with Crippen molar-refractivity contribution < 1.29 is 9.53 Å². The van der Waals surface area contributed by atoms with Gasteiger partial charge in [-0.2, -0.15) is 0 Å². The Labute approximate surface area is 114 Å². The minimum absolute atomic E-state index is 0.0732. The maximum Gasteiger partial charge on any atom is 0.302 e. The Hall–Kier alpha value is -0.790. The summed E-state index contributed by atoms with van der Waals surface area (Å²) in [5.74, 6) is 7.16. The van der Waals surface area contributed by atoms with E-state index in [0.717, 1.165) is 41.4 Å². The van der Waals surface area contributed by atoms with Crippen LogP contribution in [0.3, 0.4) is 0 Å². The van der Waals surface area contributed by atoms with E-state index >= 15 is 0 Å². The van der Waals surface area contributed by atoms with E-state index in [9.17, 15) is 4.79 Å². The minimum Gasteiger partial charge on any atom is -0.462 e. The summed E-state index contributed by atoms with van der Waals surface area (Å²) in [5, 5.41) is 0. The van der Waals surface area contributed by atoms with Gasteiger partial charge in [0, 0.05) is 6.92 Å². The summed E-state index contributed by atoms with van der Waals surface area (Å²) < 4.78 is 5.62. The first-order chi connectivity index (χ1) is 9.24. The highest BCUT2D eigenvalue weighted by Gasteiger charge is 2.67. The molecule has 4 fully saturated rings. The lowest BCUT2D eigenvalue weighted by Crippen LogP contribution is -2.41. The van der Waals surface area contributed by atoms with Gasteiger partial charge in [-0.15, -0.1) is 0 Å². The van der Waals surface area contributed by atoms with E-state index in [1.807, 2.05) is 0 Å².